The fourth-order valence-electron chi connectivity index (χ4n) is 2.92. The van der Waals surface area contributed by atoms with E-state index in [-0.39, 0.29) is 0 Å². The summed E-state index contributed by atoms with van der Waals surface area (Å²) in [4.78, 5) is 0.616. The van der Waals surface area contributed by atoms with E-state index in [4.69, 9.17) is 33.3 Å². The van der Waals surface area contributed by atoms with E-state index < -0.39 is 0 Å². The van der Waals surface area contributed by atoms with Gasteiger partial charge in [0.05, 0.1) is 11.6 Å². The first-order valence-electron chi connectivity index (χ1n) is 9.54. The quantitative estimate of drug-likeness (QED) is 0.442. The summed E-state index contributed by atoms with van der Waals surface area (Å²) < 4.78 is 11.7. The molecule has 3 nitrogen and oxygen atoms in total. The molecule has 0 bridgehead atoms. The third-order valence-corrected chi connectivity index (χ3v) is 5.16. The van der Waals surface area contributed by atoms with E-state index in [0.717, 1.165) is 11.1 Å². The molecule has 150 valence electrons. The Labute approximate surface area is 182 Å². The molecule has 5 heteroatoms. The van der Waals surface area contributed by atoms with E-state index in [9.17, 15) is 0 Å². The van der Waals surface area contributed by atoms with Gasteiger partial charge in [0.25, 0.3) is 0 Å². The van der Waals surface area contributed by atoms with E-state index in [1.807, 2.05) is 61.5 Å². The Bertz CT molecular complexity index is 976. The van der Waals surface area contributed by atoms with Gasteiger partial charge in [0, 0.05) is 12.1 Å². The van der Waals surface area contributed by atoms with Gasteiger partial charge in [-0.15, -0.1) is 0 Å². The summed E-state index contributed by atoms with van der Waals surface area (Å²) in [6, 6.07) is 21.9. The van der Waals surface area contributed by atoms with E-state index in [2.05, 4.69) is 24.4 Å². The summed E-state index contributed by atoms with van der Waals surface area (Å²) in [5, 5.41) is 3.78. The van der Waals surface area contributed by atoms with Crippen molar-refractivity contribution < 1.29 is 9.47 Å². The van der Waals surface area contributed by atoms with Gasteiger partial charge in [0.2, 0.25) is 0 Å². The molecule has 0 fully saturated rings. The molecule has 0 unspecified atom stereocenters. The molecule has 0 aromatic heterocycles. The van der Waals surface area contributed by atoms with Crippen molar-refractivity contribution in [3.63, 3.8) is 0 Å². The molecule has 29 heavy (non-hydrogen) atoms. The normalized spacial score (nSPS) is 10.4. The molecule has 0 radical (unpaired) electrons. The van der Waals surface area contributed by atoms with Crippen LogP contribution in [0.4, 0.5) is 0 Å². The van der Waals surface area contributed by atoms with Crippen LogP contribution in [-0.4, -0.2) is 11.6 Å². The average Bonchev–Trinajstić information content (AvgIpc) is 2.73. The number of hydrogen-bond acceptors (Lipinski definition) is 3. The van der Waals surface area contributed by atoms with Crippen molar-refractivity contribution in [3.05, 3.63) is 94.0 Å². The highest BCUT2D eigenvalue weighted by atomic mass is 35.5. The summed E-state index contributed by atoms with van der Waals surface area (Å²) in [6.07, 6.45) is 0. The fourth-order valence-corrected chi connectivity index (χ4v) is 3.37. The standard InChI is InChI=1S/C24H24ClNO2S/c1-3-27-22-14-20(24(29)26-15-19-12-8-7-9-17(19)2)13-21(25)23(22)28-16-18-10-5-4-6-11-18/h4-14H,3,15-16H2,1-2H3,(H,26,29). The molecule has 0 aliphatic heterocycles. The largest absolute Gasteiger partial charge is 0.490 e. The number of ether oxygens (including phenoxy) is 2. The van der Waals surface area contributed by atoms with Crippen molar-refractivity contribution in [1.29, 1.82) is 0 Å². The molecule has 0 amide bonds. The number of rotatable bonds is 8. The lowest BCUT2D eigenvalue weighted by Crippen LogP contribution is -2.22. The van der Waals surface area contributed by atoms with Crippen LogP contribution in [-0.2, 0) is 13.2 Å². The van der Waals surface area contributed by atoms with Crippen LogP contribution in [0.5, 0.6) is 11.5 Å². The molecule has 0 saturated carbocycles. The summed E-state index contributed by atoms with van der Waals surface area (Å²) in [7, 11) is 0. The molecule has 0 saturated heterocycles. The van der Waals surface area contributed by atoms with Gasteiger partial charge in [-0.1, -0.05) is 78.4 Å². The van der Waals surface area contributed by atoms with Crippen LogP contribution in [0.15, 0.2) is 66.7 Å². The molecule has 0 spiro atoms. The van der Waals surface area contributed by atoms with E-state index >= 15 is 0 Å². The van der Waals surface area contributed by atoms with Crippen LogP contribution >= 0.6 is 23.8 Å². The summed E-state index contributed by atoms with van der Waals surface area (Å²) >= 11 is 12.1. The maximum absolute atomic E-state index is 6.53. The average molecular weight is 426 g/mol. The number of halogens is 1. The van der Waals surface area contributed by atoms with Crippen LogP contribution in [0, 0.1) is 6.92 Å². The van der Waals surface area contributed by atoms with Gasteiger partial charge in [-0.05, 0) is 42.7 Å². The van der Waals surface area contributed by atoms with E-state index in [1.54, 1.807) is 0 Å². The molecular weight excluding hydrogens is 402 g/mol. The van der Waals surface area contributed by atoms with Crippen LogP contribution < -0.4 is 14.8 Å². The summed E-state index contributed by atoms with van der Waals surface area (Å²) in [5.74, 6) is 1.12. The Kier molecular flexibility index (Phi) is 7.50. The zero-order chi connectivity index (χ0) is 20.6. The molecular formula is C24H24ClNO2S. The van der Waals surface area contributed by atoms with Crippen LogP contribution in [0.2, 0.25) is 5.02 Å². The van der Waals surface area contributed by atoms with Crippen LogP contribution in [0.25, 0.3) is 0 Å². The Morgan fingerprint density at radius 1 is 1.00 bits per heavy atom. The SMILES string of the molecule is CCOc1cc(C(=S)NCc2ccccc2C)cc(Cl)c1OCc1ccccc1. The Morgan fingerprint density at radius 3 is 2.45 bits per heavy atom. The minimum absolute atomic E-state index is 0.413. The van der Waals surface area contributed by atoms with Crippen LogP contribution in [0.3, 0.4) is 0 Å². The van der Waals surface area contributed by atoms with E-state index in [0.29, 0.717) is 41.3 Å². The van der Waals surface area contributed by atoms with E-state index in [1.165, 1.54) is 11.1 Å². The highest BCUT2D eigenvalue weighted by molar-refractivity contribution is 7.80. The second-order valence-electron chi connectivity index (χ2n) is 6.60. The van der Waals surface area contributed by atoms with Gasteiger partial charge in [0.15, 0.2) is 11.5 Å². The summed E-state index contributed by atoms with van der Waals surface area (Å²) in [5.41, 5.74) is 4.29. The molecule has 3 aromatic rings. The highest BCUT2D eigenvalue weighted by Crippen LogP contribution is 2.37. The predicted molar refractivity (Wildman–Crippen MR) is 123 cm³/mol. The van der Waals surface area contributed by atoms with Gasteiger partial charge < -0.3 is 14.8 Å². The Hall–Kier alpha value is -2.56. The number of aryl methyl sites for hydroxylation is 1. The van der Waals surface area contributed by atoms with Gasteiger partial charge in [-0.3, -0.25) is 0 Å². The fraction of sp³-hybridized carbons (Fsp3) is 0.208. The second kappa shape index (κ2) is 10.3. The number of hydrogen-bond donors (Lipinski definition) is 1. The zero-order valence-electron chi connectivity index (χ0n) is 16.6. The van der Waals surface area contributed by atoms with Gasteiger partial charge in [-0.2, -0.15) is 0 Å². The molecule has 0 aliphatic carbocycles. The minimum atomic E-state index is 0.413. The van der Waals surface area contributed by atoms with Crippen molar-refractivity contribution in [2.45, 2.75) is 27.0 Å². The zero-order valence-corrected chi connectivity index (χ0v) is 18.1. The van der Waals surface area contributed by atoms with Crippen LogP contribution in [0.1, 0.15) is 29.2 Å². The molecule has 0 heterocycles. The summed E-state index contributed by atoms with van der Waals surface area (Å²) in [6.45, 7) is 5.58. The first-order valence-corrected chi connectivity index (χ1v) is 10.3. The van der Waals surface area contributed by atoms with Crippen molar-refractivity contribution >= 4 is 28.8 Å². The van der Waals surface area contributed by atoms with Crippen molar-refractivity contribution in [3.8, 4) is 11.5 Å². The van der Waals surface area contributed by atoms with Crippen molar-refractivity contribution in [2.24, 2.45) is 0 Å². The first-order chi connectivity index (χ1) is 14.1. The highest BCUT2D eigenvalue weighted by Gasteiger charge is 2.15. The molecule has 0 atom stereocenters. The third-order valence-electron chi connectivity index (χ3n) is 4.50. The second-order valence-corrected chi connectivity index (χ2v) is 7.42. The number of nitrogens with one attached hydrogen (secondary N) is 1. The maximum atomic E-state index is 6.53. The maximum Gasteiger partial charge on any atom is 0.180 e. The van der Waals surface area contributed by atoms with Gasteiger partial charge >= 0.3 is 0 Å². The Balaban J connectivity index is 1.75. The molecule has 3 rings (SSSR count). The Morgan fingerprint density at radius 2 is 1.72 bits per heavy atom. The number of thiocarbonyl (C=S) groups is 1. The molecule has 3 aromatic carbocycles. The predicted octanol–water partition coefficient (Wildman–Crippen LogP) is 6.09. The lowest BCUT2D eigenvalue weighted by Gasteiger charge is -2.16. The molecule has 0 aliphatic rings. The number of benzene rings is 3. The minimum Gasteiger partial charge on any atom is -0.490 e. The lowest BCUT2D eigenvalue weighted by atomic mass is 10.1. The van der Waals surface area contributed by atoms with Crippen molar-refractivity contribution in [2.75, 3.05) is 6.61 Å². The van der Waals surface area contributed by atoms with Gasteiger partial charge in [0.1, 0.15) is 11.6 Å². The topological polar surface area (TPSA) is 30.5 Å². The third kappa shape index (κ3) is 5.72. The van der Waals surface area contributed by atoms with Crippen molar-refractivity contribution in [1.82, 2.24) is 5.32 Å². The first kappa shape index (κ1) is 21.2. The monoisotopic (exact) mass is 425 g/mol. The smallest absolute Gasteiger partial charge is 0.180 e. The molecule has 1 N–H and O–H groups in total. The lowest BCUT2D eigenvalue weighted by molar-refractivity contribution is 0.269. The van der Waals surface area contributed by atoms with Gasteiger partial charge in [-0.25, -0.2) is 0 Å².